The topological polar surface area (TPSA) is 42.7 Å². The summed E-state index contributed by atoms with van der Waals surface area (Å²) in [5, 5.41) is 14.2. The molecular formula is C21H24Cl2N4. The molecule has 1 heterocycles. The van der Waals surface area contributed by atoms with Crippen molar-refractivity contribution in [3.63, 3.8) is 0 Å². The smallest absolute Gasteiger partial charge is 0.117 e. The van der Waals surface area contributed by atoms with E-state index in [0.29, 0.717) is 23.1 Å². The average molecular weight is 403 g/mol. The molecule has 3 aromatic rings. The highest BCUT2D eigenvalue weighted by Crippen LogP contribution is 2.23. The Bertz CT molecular complexity index is 862. The minimum absolute atomic E-state index is 0.506. The van der Waals surface area contributed by atoms with Crippen LogP contribution in [0, 0.1) is 0 Å². The maximum absolute atomic E-state index is 6.31. The molecule has 0 unspecified atom stereocenters. The fraction of sp³-hybridized carbons (Fsp3) is 0.333. The van der Waals surface area contributed by atoms with Crippen molar-refractivity contribution in [3.05, 3.63) is 69.8 Å². The second-order valence-electron chi connectivity index (χ2n) is 6.51. The molecule has 0 bridgehead atoms. The van der Waals surface area contributed by atoms with Gasteiger partial charge in [0.05, 0.1) is 6.54 Å². The van der Waals surface area contributed by atoms with Gasteiger partial charge in [0, 0.05) is 22.2 Å². The molecule has 0 aliphatic rings. The third kappa shape index (κ3) is 5.55. The molecule has 0 fully saturated rings. The SMILES string of the molecule is CCCCCNCc1nn(Cc2ccc(Cl)cc2Cl)nc1-c1ccccc1. The first-order valence-electron chi connectivity index (χ1n) is 9.31. The second-order valence-corrected chi connectivity index (χ2v) is 7.35. The molecule has 0 saturated carbocycles. The summed E-state index contributed by atoms with van der Waals surface area (Å²) < 4.78 is 0. The van der Waals surface area contributed by atoms with E-state index in [1.807, 2.05) is 30.3 Å². The summed E-state index contributed by atoms with van der Waals surface area (Å²) in [7, 11) is 0. The van der Waals surface area contributed by atoms with Crippen LogP contribution in [0.1, 0.15) is 37.4 Å². The van der Waals surface area contributed by atoms with Crippen LogP contribution in [0.15, 0.2) is 48.5 Å². The van der Waals surface area contributed by atoms with Crippen molar-refractivity contribution in [1.82, 2.24) is 20.3 Å². The second kappa shape index (κ2) is 9.88. The van der Waals surface area contributed by atoms with Gasteiger partial charge < -0.3 is 5.32 Å². The van der Waals surface area contributed by atoms with Crippen molar-refractivity contribution in [1.29, 1.82) is 0 Å². The monoisotopic (exact) mass is 402 g/mol. The zero-order chi connectivity index (χ0) is 19.1. The first-order valence-corrected chi connectivity index (χ1v) is 10.1. The van der Waals surface area contributed by atoms with E-state index in [1.165, 1.54) is 19.3 Å². The summed E-state index contributed by atoms with van der Waals surface area (Å²) >= 11 is 12.3. The first-order chi connectivity index (χ1) is 13.2. The van der Waals surface area contributed by atoms with E-state index in [0.717, 1.165) is 29.1 Å². The maximum atomic E-state index is 6.31. The highest BCUT2D eigenvalue weighted by molar-refractivity contribution is 6.35. The molecule has 0 saturated heterocycles. The van der Waals surface area contributed by atoms with Crippen molar-refractivity contribution >= 4 is 23.2 Å². The third-order valence-electron chi connectivity index (χ3n) is 4.35. The van der Waals surface area contributed by atoms with Crippen molar-refractivity contribution in [2.45, 2.75) is 39.3 Å². The van der Waals surface area contributed by atoms with E-state index in [9.17, 15) is 0 Å². The molecule has 0 radical (unpaired) electrons. The lowest BCUT2D eigenvalue weighted by Crippen LogP contribution is -2.16. The van der Waals surface area contributed by atoms with Gasteiger partial charge in [0.2, 0.25) is 0 Å². The van der Waals surface area contributed by atoms with Crippen molar-refractivity contribution < 1.29 is 0 Å². The number of benzene rings is 2. The number of aromatic nitrogens is 3. The molecule has 0 aliphatic heterocycles. The van der Waals surface area contributed by atoms with Crippen LogP contribution < -0.4 is 5.32 Å². The van der Waals surface area contributed by atoms with E-state index in [4.69, 9.17) is 33.4 Å². The van der Waals surface area contributed by atoms with Gasteiger partial charge in [0.1, 0.15) is 11.4 Å². The van der Waals surface area contributed by atoms with Gasteiger partial charge in [-0.15, -0.1) is 0 Å². The van der Waals surface area contributed by atoms with E-state index < -0.39 is 0 Å². The largest absolute Gasteiger partial charge is 0.311 e. The van der Waals surface area contributed by atoms with Crippen molar-refractivity contribution in [2.75, 3.05) is 6.54 Å². The molecule has 0 spiro atoms. The zero-order valence-electron chi connectivity index (χ0n) is 15.5. The number of unbranched alkanes of at least 4 members (excludes halogenated alkanes) is 2. The number of hydrogen-bond acceptors (Lipinski definition) is 3. The Hall–Kier alpha value is -1.88. The molecule has 1 N–H and O–H groups in total. The lowest BCUT2D eigenvalue weighted by molar-refractivity contribution is 0.569. The average Bonchev–Trinajstić information content (AvgIpc) is 3.07. The van der Waals surface area contributed by atoms with Crippen LogP contribution in [-0.2, 0) is 13.1 Å². The Morgan fingerprint density at radius 1 is 1.00 bits per heavy atom. The van der Waals surface area contributed by atoms with Crippen LogP contribution in [0.4, 0.5) is 0 Å². The van der Waals surface area contributed by atoms with Gasteiger partial charge in [0.25, 0.3) is 0 Å². The summed E-state index contributed by atoms with van der Waals surface area (Å²) in [4.78, 5) is 1.71. The molecule has 1 aromatic heterocycles. The van der Waals surface area contributed by atoms with Gasteiger partial charge in [-0.3, -0.25) is 0 Å². The first kappa shape index (κ1) is 19.9. The highest BCUT2D eigenvalue weighted by Gasteiger charge is 2.14. The van der Waals surface area contributed by atoms with Crippen LogP contribution in [0.3, 0.4) is 0 Å². The number of nitrogens with zero attached hydrogens (tertiary/aromatic N) is 3. The predicted octanol–water partition coefficient (Wildman–Crippen LogP) is 5.58. The minimum atomic E-state index is 0.506. The van der Waals surface area contributed by atoms with Gasteiger partial charge >= 0.3 is 0 Å². The molecule has 6 heteroatoms. The molecule has 0 aliphatic carbocycles. The highest BCUT2D eigenvalue weighted by atomic mass is 35.5. The van der Waals surface area contributed by atoms with Gasteiger partial charge in [-0.1, -0.05) is 79.4 Å². The van der Waals surface area contributed by atoms with E-state index in [2.05, 4.69) is 24.4 Å². The van der Waals surface area contributed by atoms with Gasteiger partial charge in [-0.05, 0) is 30.7 Å². The van der Waals surface area contributed by atoms with Crippen LogP contribution in [-0.4, -0.2) is 21.5 Å². The van der Waals surface area contributed by atoms with E-state index in [-0.39, 0.29) is 0 Å². The van der Waals surface area contributed by atoms with Crippen LogP contribution in [0.2, 0.25) is 10.0 Å². The Morgan fingerprint density at radius 3 is 2.56 bits per heavy atom. The number of hydrogen-bond donors (Lipinski definition) is 1. The predicted molar refractivity (Wildman–Crippen MR) is 112 cm³/mol. The molecule has 0 amide bonds. The molecule has 4 nitrogen and oxygen atoms in total. The summed E-state index contributed by atoms with van der Waals surface area (Å²) in [6, 6.07) is 15.7. The molecule has 27 heavy (non-hydrogen) atoms. The third-order valence-corrected chi connectivity index (χ3v) is 4.94. The fourth-order valence-corrected chi connectivity index (χ4v) is 3.37. The lowest BCUT2D eigenvalue weighted by Gasteiger charge is -2.04. The minimum Gasteiger partial charge on any atom is -0.311 e. The Morgan fingerprint density at radius 2 is 1.81 bits per heavy atom. The molecule has 2 aromatic carbocycles. The van der Waals surface area contributed by atoms with Crippen LogP contribution in [0.25, 0.3) is 11.3 Å². The fourth-order valence-electron chi connectivity index (χ4n) is 2.90. The quantitative estimate of drug-likeness (QED) is 0.475. The Balaban J connectivity index is 1.80. The molecular weight excluding hydrogens is 379 g/mol. The van der Waals surface area contributed by atoms with Crippen molar-refractivity contribution in [3.8, 4) is 11.3 Å². The van der Waals surface area contributed by atoms with Crippen LogP contribution in [0.5, 0.6) is 0 Å². The maximum Gasteiger partial charge on any atom is 0.117 e. The normalized spacial score (nSPS) is 11.1. The van der Waals surface area contributed by atoms with Crippen molar-refractivity contribution in [2.24, 2.45) is 0 Å². The van der Waals surface area contributed by atoms with Gasteiger partial charge in [-0.25, -0.2) is 0 Å². The van der Waals surface area contributed by atoms with Crippen LogP contribution >= 0.6 is 23.2 Å². The number of halogens is 2. The Labute approximate surface area is 170 Å². The Kier molecular flexibility index (Phi) is 7.27. The summed E-state index contributed by atoms with van der Waals surface area (Å²) in [5.41, 5.74) is 3.86. The lowest BCUT2D eigenvalue weighted by atomic mass is 10.1. The standard InChI is InChI=1S/C21H24Cl2N4/c1-2-3-7-12-24-14-20-21(16-8-5-4-6-9-16)26-27(25-20)15-17-10-11-18(22)13-19(17)23/h4-6,8-11,13,24H,2-3,7,12,14-15H2,1H3. The summed E-state index contributed by atoms with van der Waals surface area (Å²) in [6.45, 7) is 4.40. The number of rotatable bonds is 9. The molecule has 0 atom stereocenters. The number of nitrogens with one attached hydrogen (secondary N) is 1. The summed E-state index contributed by atoms with van der Waals surface area (Å²) in [6.07, 6.45) is 3.63. The van der Waals surface area contributed by atoms with E-state index in [1.54, 1.807) is 10.9 Å². The zero-order valence-corrected chi connectivity index (χ0v) is 17.0. The van der Waals surface area contributed by atoms with Gasteiger partial charge in [-0.2, -0.15) is 15.0 Å². The summed E-state index contributed by atoms with van der Waals surface area (Å²) in [5.74, 6) is 0. The molecule has 142 valence electrons. The van der Waals surface area contributed by atoms with Gasteiger partial charge in [0.15, 0.2) is 0 Å². The van der Waals surface area contributed by atoms with E-state index >= 15 is 0 Å². The molecule has 3 rings (SSSR count).